The zero-order valence-electron chi connectivity index (χ0n) is 23.5. The van der Waals surface area contributed by atoms with Crippen LogP contribution in [0.4, 0.5) is 4.79 Å². The van der Waals surface area contributed by atoms with E-state index in [1.54, 1.807) is 0 Å². The number of urea groups is 1. The first-order valence-electron chi connectivity index (χ1n) is 14.5. The van der Waals surface area contributed by atoms with Crippen molar-refractivity contribution in [1.29, 1.82) is 0 Å². The SMILES string of the molecule is C[C@H](NC(=O)N(CCCN1CCOCC1)Cc1ccc(CN2CCNC(=O)C2)cc1)c1cccc2ccccc12. The maximum absolute atomic E-state index is 13.6. The molecule has 2 heterocycles. The molecule has 0 aliphatic carbocycles. The number of hydrogen-bond donors (Lipinski definition) is 2. The molecular weight excluding hydrogens is 502 g/mol. The van der Waals surface area contributed by atoms with E-state index in [0.29, 0.717) is 26.2 Å². The highest BCUT2D eigenvalue weighted by Crippen LogP contribution is 2.24. The second kappa shape index (κ2) is 13.7. The number of amides is 3. The Kier molecular flexibility index (Phi) is 9.65. The van der Waals surface area contributed by atoms with Gasteiger partial charge in [0, 0.05) is 52.4 Å². The van der Waals surface area contributed by atoms with Gasteiger partial charge in [-0.15, -0.1) is 0 Å². The Balaban J connectivity index is 1.24. The van der Waals surface area contributed by atoms with Crippen molar-refractivity contribution < 1.29 is 14.3 Å². The third-order valence-corrected chi connectivity index (χ3v) is 7.84. The van der Waals surface area contributed by atoms with Gasteiger partial charge in [-0.05, 0) is 40.8 Å². The molecule has 0 aromatic heterocycles. The maximum Gasteiger partial charge on any atom is 0.318 e. The molecule has 212 valence electrons. The molecule has 8 heteroatoms. The minimum absolute atomic E-state index is 0.0502. The summed E-state index contributed by atoms with van der Waals surface area (Å²) in [4.78, 5) is 31.9. The molecule has 8 nitrogen and oxygen atoms in total. The van der Waals surface area contributed by atoms with E-state index >= 15 is 0 Å². The van der Waals surface area contributed by atoms with Crippen molar-refractivity contribution in [3.05, 3.63) is 83.4 Å². The van der Waals surface area contributed by atoms with Crippen LogP contribution in [0.3, 0.4) is 0 Å². The van der Waals surface area contributed by atoms with Crippen LogP contribution >= 0.6 is 0 Å². The third kappa shape index (κ3) is 7.59. The first-order valence-corrected chi connectivity index (χ1v) is 14.5. The fourth-order valence-corrected chi connectivity index (χ4v) is 5.60. The van der Waals surface area contributed by atoms with E-state index < -0.39 is 0 Å². The summed E-state index contributed by atoms with van der Waals surface area (Å²) in [5, 5.41) is 8.49. The summed E-state index contributed by atoms with van der Waals surface area (Å²) >= 11 is 0. The number of morpholine rings is 1. The van der Waals surface area contributed by atoms with E-state index in [9.17, 15) is 9.59 Å². The zero-order valence-corrected chi connectivity index (χ0v) is 23.5. The predicted octanol–water partition coefficient (Wildman–Crippen LogP) is 3.77. The lowest BCUT2D eigenvalue weighted by Crippen LogP contribution is -2.47. The first-order chi connectivity index (χ1) is 19.5. The summed E-state index contributed by atoms with van der Waals surface area (Å²) in [5.41, 5.74) is 3.39. The molecule has 5 rings (SSSR count). The number of nitrogens with one attached hydrogen (secondary N) is 2. The largest absolute Gasteiger partial charge is 0.379 e. The van der Waals surface area contributed by atoms with Gasteiger partial charge in [-0.3, -0.25) is 14.6 Å². The van der Waals surface area contributed by atoms with E-state index in [0.717, 1.165) is 63.5 Å². The van der Waals surface area contributed by atoms with Crippen LogP contribution in [0.1, 0.15) is 36.1 Å². The van der Waals surface area contributed by atoms with Gasteiger partial charge in [-0.25, -0.2) is 4.79 Å². The van der Waals surface area contributed by atoms with E-state index in [4.69, 9.17) is 4.74 Å². The van der Waals surface area contributed by atoms with Crippen LogP contribution in [0, 0.1) is 0 Å². The molecule has 0 bridgehead atoms. The average Bonchev–Trinajstić information content (AvgIpc) is 2.98. The van der Waals surface area contributed by atoms with Crippen molar-refractivity contribution in [3.8, 4) is 0 Å². The van der Waals surface area contributed by atoms with E-state index in [-0.39, 0.29) is 18.0 Å². The molecule has 0 spiro atoms. The van der Waals surface area contributed by atoms with Crippen LogP contribution < -0.4 is 10.6 Å². The molecule has 2 fully saturated rings. The minimum atomic E-state index is -0.121. The normalized spacial score (nSPS) is 17.4. The molecule has 2 aliphatic rings. The molecule has 2 N–H and O–H groups in total. The average molecular weight is 544 g/mol. The number of hydrogen-bond acceptors (Lipinski definition) is 5. The zero-order chi connectivity index (χ0) is 27.7. The number of carbonyl (C=O) groups excluding carboxylic acids is 2. The molecule has 40 heavy (non-hydrogen) atoms. The number of benzene rings is 3. The van der Waals surface area contributed by atoms with Crippen LogP contribution in [0.25, 0.3) is 10.8 Å². The fourth-order valence-electron chi connectivity index (χ4n) is 5.60. The Morgan fingerprint density at radius 2 is 1.73 bits per heavy atom. The van der Waals surface area contributed by atoms with Crippen LogP contribution in [-0.2, 0) is 22.6 Å². The number of fused-ring (bicyclic) bond motifs is 1. The van der Waals surface area contributed by atoms with Crippen molar-refractivity contribution >= 4 is 22.7 Å². The highest BCUT2D eigenvalue weighted by molar-refractivity contribution is 5.86. The van der Waals surface area contributed by atoms with Crippen molar-refractivity contribution in [1.82, 2.24) is 25.3 Å². The predicted molar refractivity (Wildman–Crippen MR) is 158 cm³/mol. The van der Waals surface area contributed by atoms with Crippen LogP contribution in [0.2, 0.25) is 0 Å². The Morgan fingerprint density at radius 3 is 2.52 bits per heavy atom. The van der Waals surface area contributed by atoms with Gasteiger partial charge in [0.25, 0.3) is 0 Å². The van der Waals surface area contributed by atoms with E-state index in [2.05, 4.69) is 82.0 Å². The quantitative estimate of drug-likeness (QED) is 0.407. The summed E-state index contributed by atoms with van der Waals surface area (Å²) in [7, 11) is 0. The summed E-state index contributed by atoms with van der Waals surface area (Å²) in [6.45, 7) is 10.4. The lowest BCUT2D eigenvalue weighted by atomic mass is 10.00. The molecule has 0 saturated carbocycles. The Bertz CT molecular complexity index is 1270. The lowest BCUT2D eigenvalue weighted by Gasteiger charge is -2.29. The van der Waals surface area contributed by atoms with Gasteiger partial charge in [0.05, 0.1) is 25.8 Å². The molecule has 0 radical (unpaired) electrons. The number of nitrogens with zero attached hydrogens (tertiary/aromatic N) is 3. The minimum Gasteiger partial charge on any atom is -0.379 e. The smallest absolute Gasteiger partial charge is 0.318 e. The van der Waals surface area contributed by atoms with Crippen LogP contribution in [0.5, 0.6) is 0 Å². The molecule has 3 aromatic carbocycles. The van der Waals surface area contributed by atoms with Gasteiger partial charge in [-0.1, -0.05) is 66.7 Å². The summed E-state index contributed by atoms with van der Waals surface area (Å²) in [5.74, 6) is 0.0827. The topological polar surface area (TPSA) is 77.2 Å². The number of piperazine rings is 1. The number of carbonyl (C=O) groups is 2. The Labute approximate surface area is 237 Å². The van der Waals surface area contributed by atoms with Crippen molar-refractivity contribution in [3.63, 3.8) is 0 Å². The van der Waals surface area contributed by atoms with Gasteiger partial charge >= 0.3 is 6.03 Å². The Morgan fingerprint density at radius 1 is 0.975 bits per heavy atom. The second-order valence-corrected chi connectivity index (χ2v) is 10.8. The lowest BCUT2D eigenvalue weighted by molar-refractivity contribution is -0.124. The van der Waals surface area contributed by atoms with Crippen LogP contribution in [0.15, 0.2) is 66.7 Å². The van der Waals surface area contributed by atoms with E-state index in [1.807, 2.05) is 17.0 Å². The molecule has 0 unspecified atom stereocenters. The monoisotopic (exact) mass is 543 g/mol. The molecule has 2 aliphatic heterocycles. The van der Waals surface area contributed by atoms with Crippen molar-refractivity contribution in [2.75, 3.05) is 59.0 Å². The fraction of sp³-hybridized carbons (Fsp3) is 0.438. The molecule has 3 amide bonds. The molecule has 2 saturated heterocycles. The van der Waals surface area contributed by atoms with Gasteiger partial charge in [0.15, 0.2) is 0 Å². The second-order valence-electron chi connectivity index (χ2n) is 10.8. The van der Waals surface area contributed by atoms with Crippen LogP contribution in [-0.4, -0.2) is 85.7 Å². The molecular formula is C32H41N5O3. The summed E-state index contributed by atoms with van der Waals surface area (Å²) < 4.78 is 5.48. The van der Waals surface area contributed by atoms with Gasteiger partial charge in [0.1, 0.15) is 0 Å². The third-order valence-electron chi connectivity index (χ3n) is 7.84. The van der Waals surface area contributed by atoms with Gasteiger partial charge in [-0.2, -0.15) is 0 Å². The summed E-state index contributed by atoms with van der Waals surface area (Å²) in [6, 6.07) is 22.8. The molecule has 1 atom stereocenters. The molecule has 3 aromatic rings. The summed E-state index contributed by atoms with van der Waals surface area (Å²) in [6.07, 6.45) is 0.908. The highest BCUT2D eigenvalue weighted by atomic mass is 16.5. The standard InChI is InChI=1S/C32H41N5O3/c1-25(29-9-4-7-28-6-2-3-8-30(28)29)34-32(39)37(16-5-15-35-18-20-40-21-19-35)23-27-12-10-26(11-13-27)22-36-17-14-33-31(38)24-36/h2-4,6-13,25H,5,14-24H2,1H3,(H,33,38)(H,34,39)/t25-/m0/s1. The van der Waals surface area contributed by atoms with Crippen molar-refractivity contribution in [2.45, 2.75) is 32.5 Å². The first kappa shape index (κ1) is 28.1. The van der Waals surface area contributed by atoms with Crippen molar-refractivity contribution in [2.24, 2.45) is 0 Å². The van der Waals surface area contributed by atoms with Gasteiger partial charge < -0.3 is 20.3 Å². The number of ether oxygens (including phenoxy) is 1. The number of rotatable bonds is 10. The Hall–Kier alpha value is -3.46. The highest BCUT2D eigenvalue weighted by Gasteiger charge is 2.20. The maximum atomic E-state index is 13.6. The van der Waals surface area contributed by atoms with Gasteiger partial charge in [0.2, 0.25) is 5.91 Å². The van der Waals surface area contributed by atoms with E-state index in [1.165, 1.54) is 16.3 Å².